The van der Waals surface area contributed by atoms with Crippen LogP contribution in [0.1, 0.15) is 88.5 Å². The van der Waals surface area contributed by atoms with Crippen molar-refractivity contribution in [1.29, 1.82) is 0 Å². The Bertz CT molecular complexity index is 960. The number of hydrogen-bond acceptors (Lipinski definition) is 2. The summed E-state index contributed by atoms with van der Waals surface area (Å²) in [6.07, 6.45) is 7.04. The molecule has 3 heteroatoms. The van der Waals surface area contributed by atoms with Crippen molar-refractivity contribution in [2.75, 3.05) is 6.54 Å². The number of hydrogen-bond donors (Lipinski definition) is 1. The summed E-state index contributed by atoms with van der Waals surface area (Å²) in [4.78, 5) is 24.5. The molecule has 1 aliphatic carbocycles. The molecule has 1 aliphatic rings. The SMILES string of the molecule is CCCC(CCCC(=O)CCNC(=O)C(C)(C)C)=C1c2ccccc2CCc2ccccc21. The maximum absolute atomic E-state index is 12.5. The second kappa shape index (κ2) is 11.4. The molecule has 0 aliphatic heterocycles. The fourth-order valence-electron chi connectivity index (χ4n) is 4.64. The number of aryl methyl sites for hydroxylation is 2. The van der Waals surface area contributed by atoms with Crippen molar-refractivity contribution >= 4 is 17.3 Å². The normalized spacial score (nSPS) is 13.0. The Kier molecular flexibility index (Phi) is 8.66. The van der Waals surface area contributed by atoms with Crippen LogP contribution in [0.3, 0.4) is 0 Å². The smallest absolute Gasteiger partial charge is 0.225 e. The van der Waals surface area contributed by atoms with Crippen LogP contribution in [0.5, 0.6) is 0 Å². The maximum Gasteiger partial charge on any atom is 0.225 e. The number of carbonyl (C=O) groups is 2. The van der Waals surface area contributed by atoms with Crippen LogP contribution in [0, 0.1) is 5.41 Å². The van der Waals surface area contributed by atoms with Crippen molar-refractivity contribution in [2.24, 2.45) is 5.41 Å². The predicted molar refractivity (Wildman–Crippen MR) is 137 cm³/mol. The van der Waals surface area contributed by atoms with E-state index in [9.17, 15) is 9.59 Å². The lowest BCUT2D eigenvalue weighted by molar-refractivity contribution is -0.128. The van der Waals surface area contributed by atoms with Gasteiger partial charge in [0.15, 0.2) is 0 Å². The summed E-state index contributed by atoms with van der Waals surface area (Å²) in [6.45, 7) is 8.32. The summed E-state index contributed by atoms with van der Waals surface area (Å²) in [5, 5.41) is 2.88. The molecule has 33 heavy (non-hydrogen) atoms. The van der Waals surface area contributed by atoms with E-state index in [1.807, 2.05) is 20.8 Å². The zero-order valence-corrected chi connectivity index (χ0v) is 20.8. The van der Waals surface area contributed by atoms with E-state index < -0.39 is 5.41 Å². The van der Waals surface area contributed by atoms with E-state index in [0.717, 1.165) is 38.5 Å². The van der Waals surface area contributed by atoms with Crippen molar-refractivity contribution in [2.45, 2.75) is 79.1 Å². The number of carbonyl (C=O) groups excluding carboxylic acids is 2. The van der Waals surface area contributed by atoms with Gasteiger partial charge in [0.25, 0.3) is 0 Å². The Morgan fingerprint density at radius 2 is 1.39 bits per heavy atom. The van der Waals surface area contributed by atoms with Gasteiger partial charge in [0, 0.05) is 24.8 Å². The number of rotatable bonds is 9. The molecule has 176 valence electrons. The van der Waals surface area contributed by atoms with Crippen LogP contribution in [0.2, 0.25) is 0 Å². The first-order valence-corrected chi connectivity index (χ1v) is 12.5. The molecule has 0 fully saturated rings. The van der Waals surface area contributed by atoms with Gasteiger partial charge < -0.3 is 5.32 Å². The number of nitrogens with one attached hydrogen (secondary N) is 1. The lowest BCUT2D eigenvalue weighted by Crippen LogP contribution is -2.35. The van der Waals surface area contributed by atoms with Crippen LogP contribution in [-0.4, -0.2) is 18.2 Å². The Balaban J connectivity index is 1.74. The minimum Gasteiger partial charge on any atom is -0.355 e. The second-order valence-electron chi connectivity index (χ2n) is 10.2. The summed E-state index contributed by atoms with van der Waals surface area (Å²) in [6, 6.07) is 17.6. The summed E-state index contributed by atoms with van der Waals surface area (Å²) in [5.74, 6) is 0.225. The highest BCUT2D eigenvalue weighted by atomic mass is 16.2. The molecule has 0 saturated heterocycles. The molecule has 0 heterocycles. The van der Waals surface area contributed by atoms with Gasteiger partial charge in [-0.2, -0.15) is 0 Å². The minimum atomic E-state index is -0.421. The van der Waals surface area contributed by atoms with E-state index in [1.54, 1.807) is 0 Å². The molecule has 3 rings (SSSR count). The standard InChI is InChI=1S/C30H39NO2/c1-5-11-24(14-10-15-25(32)20-21-31-29(33)30(2,3)4)28-26-16-8-6-12-22(26)18-19-23-13-7-9-17-27(23)28/h6-9,12-13,16-17H,5,10-11,14-15,18-21H2,1-4H3,(H,31,33). The highest BCUT2D eigenvalue weighted by molar-refractivity contribution is 5.86. The van der Waals surface area contributed by atoms with Crippen LogP contribution in [-0.2, 0) is 22.4 Å². The summed E-state index contributed by atoms with van der Waals surface area (Å²) < 4.78 is 0. The van der Waals surface area contributed by atoms with Crippen LogP contribution >= 0.6 is 0 Å². The molecule has 0 aromatic heterocycles. The van der Waals surface area contributed by atoms with E-state index in [-0.39, 0.29) is 11.7 Å². The van der Waals surface area contributed by atoms with Crippen molar-refractivity contribution in [3.63, 3.8) is 0 Å². The lowest BCUT2D eigenvalue weighted by atomic mass is 9.86. The Labute approximate surface area is 199 Å². The van der Waals surface area contributed by atoms with Gasteiger partial charge in [0.05, 0.1) is 0 Å². The van der Waals surface area contributed by atoms with Gasteiger partial charge in [0.2, 0.25) is 5.91 Å². The van der Waals surface area contributed by atoms with Gasteiger partial charge in [-0.25, -0.2) is 0 Å². The molecule has 0 bridgehead atoms. The number of ketones is 1. The highest BCUT2D eigenvalue weighted by Crippen LogP contribution is 2.38. The molecule has 0 radical (unpaired) electrons. The molecule has 0 spiro atoms. The number of benzene rings is 2. The summed E-state index contributed by atoms with van der Waals surface area (Å²) in [7, 11) is 0. The zero-order chi connectivity index (χ0) is 23.8. The Hall–Kier alpha value is -2.68. The average Bonchev–Trinajstić information content (AvgIpc) is 2.95. The first-order chi connectivity index (χ1) is 15.8. The Morgan fingerprint density at radius 3 is 1.94 bits per heavy atom. The third kappa shape index (κ3) is 6.66. The van der Waals surface area contributed by atoms with Gasteiger partial charge in [-0.3, -0.25) is 9.59 Å². The van der Waals surface area contributed by atoms with Crippen LogP contribution in [0.4, 0.5) is 0 Å². The lowest BCUT2D eigenvalue weighted by Gasteiger charge is -2.19. The third-order valence-corrected chi connectivity index (χ3v) is 6.45. The molecule has 0 saturated carbocycles. The predicted octanol–water partition coefficient (Wildman–Crippen LogP) is 6.68. The first kappa shape index (κ1) is 25.0. The van der Waals surface area contributed by atoms with Gasteiger partial charge in [-0.1, -0.05) is 88.2 Å². The third-order valence-electron chi connectivity index (χ3n) is 6.45. The van der Waals surface area contributed by atoms with E-state index in [2.05, 4.69) is 60.8 Å². The van der Waals surface area contributed by atoms with Gasteiger partial charge in [-0.05, 0) is 59.9 Å². The van der Waals surface area contributed by atoms with Gasteiger partial charge in [0.1, 0.15) is 5.78 Å². The van der Waals surface area contributed by atoms with Gasteiger partial charge in [-0.15, -0.1) is 0 Å². The van der Waals surface area contributed by atoms with Crippen molar-refractivity contribution in [1.82, 2.24) is 5.32 Å². The van der Waals surface area contributed by atoms with Crippen molar-refractivity contribution < 1.29 is 9.59 Å². The molecule has 1 N–H and O–H groups in total. The van der Waals surface area contributed by atoms with Crippen LogP contribution in [0.25, 0.3) is 5.57 Å². The number of fused-ring (bicyclic) bond motifs is 2. The summed E-state index contributed by atoms with van der Waals surface area (Å²) in [5.41, 5.74) is 8.00. The molecule has 0 unspecified atom stereocenters. The molecular weight excluding hydrogens is 406 g/mol. The monoisotopic (exact) mass is 445 g/mol. The minimum absolute atomic E-state index is 0.00374. The number of Topliss-reactive ketones (excluding diaryl/α,β-unsaturated/α-hetero) is 1. The molecule has 1 amide bonds. The fourth-order valence-corrected chi connectivity index (χ4v) is 4.64. The highest BCUT2D eigenvalue weighted by Gasteiger charge is 2.22. The van der Waals surface area contributed by atoms with E-state index >= 15 is 0 Å². The zero-order valence-electron chi connectivity index (χ0n) is 20.8. The Morgan fingerprint density at radius 1 is 0.818 bits per heavy atom. The van der Waals surface area contributed by atoms with E-state index in [1.165, 1.54) is 33.4 Å². The van der Waals surface area contributed by atoms with Gasteiger partial charge >= 0.3 is 0 Å². The largest absolute Gasteiger partial charge is 0.355 e. The fraction of sp³-hybridized carbons (Fsp3) is 0.467. The second-order valence-corrected chi connectivity index (χ2v) is 10.2. The van der Waals surface area contributed by atoms with E-state index in [4.69, 9.17) is 0 Å². The summed E-state index contributed by atoms with van der Waals surface area (Å²) >= 11 is 0. The molecule has 3 nitrogen and oxygen atoms in total. The maximum atomic E-state index is 12.5. The van der Waals surface area contributed by atoms with Crippen LogP contribution in [0.15, 0.2) is 54.1 Å². The molecular formula is C30H39NO2. The number of amides is 1. The van der Waals surface area contributed by atoms with Crippen molar-refractivity contribution in [3.8, 4) is 0 Å². The van der Waals surface area contributed by atoms with Crippen LogP contribution < -0.4 is 5.32 Å². The topological polar surface area (TPSA) is 46.2 Å². The quantitative estimate of drug-likeness (QED) is 0.468. The number of allylic oxidation sites excluding steroid dienone is 1. The van der Waals surface area contributed by atoms with E-state index in [0.29, 0.717) is 19.4 Å². The molecule has 2 aromatic carbocycles. The molecule has 2 aromatic rings. The average molecular weight is 446 g/mol. The molecule has 0 atom stereocenters. The first-order valence-electron chi connectivity index (χ1n) is 12.5. The van der Waals surface area contributed by atoms with Crippen molar-refractivity contribution in [3.05, 3.63) is 76.4 Å².